The van der Waals surface area contributed by atoms with Crippen LogP contribution in [0, 0.1) is 6.92 Å². The SMILES string of the molecule is CCCN1CC(C)=C[C@@H]2c3cccc4[nH]c(C)c(c34)CC21. The van der Waals surface area contributed by atoms with Gasteiger partial charge >= 0.3 is 0 Å². The van der Waals surface area contributed by atoms with Gasteiger partial charge in [-0.2, -0.15) is 0 Å². The minimum atomic E-state index is 0.566. The standard InChI is InChI=1S/C19H24N2/c1-4-8-21-11-12(2)9-16-14-6-5-7-17-19(14)15(10-18(16)21)13(3)20-17/h5-7,9,16,18,20H,4,8,10-11H2,1-3H3/t16-,18?/m1/s1. The summed E-state index contributed by atoms with van der Waals surface area (Å²) in [5.41, 5.74) is 7.28. The van der Waals surface area contributed by atoms with Crippen LogP contribution in [-0.4, -0.2) is 29.0 Å². The summed E-state index contributed by atoms with van der Waals surface area (Å²) in [6, 6.07) is 7.41. The lowest BCUT2D eigenvalue weighted by molar-refractivity contribution is 0.182. The molecule has 0 amide bonds. The largest absolute Gasteiger partial charge is 0.358 e. The number of aryl methyl sites for hydroxylation is 1. The number of nitrogens with one attached hydrogen (secondary N) is 1. The molecule has 0 spiro atoms. The molecule has 1 aromatic carbocycles. The second-order valence-electron chi connectivity index (χ2n) is 6.78. The minimum absolute atomic E-state index is 0.566. The number of nitrogens with zero attached hydrogens (tertiary/aromatic N) is 1. The maximum atomic E-state index is 3.59. The fraction of sp³-hybridized carbons (Fsp3) is 0.474. The number of fused-ring (bicyclic) bond motifs is 2. The minimum Gasteiger partial charge on any atom is -0.358 e. The van der Waals surface area contributed by atoms with Crippen LogP contribution in [-0.2, 0) is 6.42 Å². The van der Waals surface area contributed by atoms with Gasteiger partial charge in [0, 0.05) is 35.1 Å². The molecule has 0 fully saturated rings. The first-order valence-electron chi connectivity index (χ1n) is 8.20. The molecule has 1 aliphatic heterocycles. The van der Waals surface area contributed by atoms with Gasteiger partial charge in [0.1, 0.15) is 0 Å². The van der Waals surface area contributed by atoms with Crippen LogP contribution < -0.4 is 0 Å². The average Bonchev–Trinajstić information content (AvgIpc) is 2.78. The van der Waals surface area contributed by atoms with Crippen molar-refractivity contribution < 1.29 is 0 Å². The Hall–Kier alpha value is -1.54. The van der Waals surface area contributed by atoms with Gasteiger partial charge in [0.2, 0.25) is 0 Å². The van der Waals surface area contributed by atoms with Gasteiger partial charge in [-0.25, -0.2) is 0 Å². The molecule has 1 aromatic heterocycles. The Morgan fingerprint density at radius 2 is 2.14 bits per heavy atom. The molecular weight excluding hydrogens is 256 g/mol. The van der Waals surface area contributed by atoms with E-state index in [1.165, 1.54) is 47.1 Å². The molecule has 2 aromatic rings. The van der Waals surface area contributed by atoms with E-state index < -0.39 is 0 Å². The third-order valence-corrected chi connectivity index (χ3v) is 5.26. The Morgan fingerprint density at radius 1 is 1.29 bits per heavy atom. The molecule has 110 valence electrons. The van der Waals surface area contributed by atoms with Gasteiger partial charge in [0.15, 0.2) is 0 Å². The van der Waals surface area contributed by atoms with Crippen LogP contribution in [0.4, 0.5) is 0 Å². The van der Waals surface area contributed by atoms with E-state index in [0.29, 0.717) is 12.0 Å². The molecule has 1 N–H and O–H groups in total. The van der Waals surface area contributed by atoms with Crippen molar-refractivity contribution in [2.75, 3.05) is 13.1 Å². The highest BCUT2D eigenvalue weighted by molar-refractivity contribution is 5.90. The zero-order valence-corrected chi connectivity index (χ0v) is 13.2. The molecule has 0 saturated carbocycles. The maximum absolute atomic E-state index is 3.59. The van der Waals surface area contributed by atoms with E-state index in [4.69, 9.17) is 0 Å². The lowest BCUT2D eigenvalue weighted by atomic mass is 9.76. The molecule has 21 heavy (non-hydrogen) atoms. The lowest BCUT2D eigenvalue weighted by Crippen LogP contribution is -2.46. The Balaban J connectivity index is 1.91. The summed E-state index contributed by atoms with van der Waals surface area (Å²) in [7, 11) is 0. The van der Waals surface area contributed by atoms with Crippen molar-refractivity contribution in [1.29, 1.82) is 0 Å². The molecule has 1 unspecified atom stereocenters. The predicted octanol–water partition coefficient (Wildman–Crippen LogP) is 4.16. The third kappa shape index (κ3) is 1.89. The monoisotopic (exact) mass is 280 g/mol. The van der Waals surface area contributed by atoms with Gasteiger partial charge in [-0.15, -0.1) is 0 Å². The number of rotatable bonds is 2. The maximum Gasteiger partial charge on any atom is 0.0461 e. The second-order valence-corrected chi connectivity index (χ2v) is 6.78. The van der Waals surface area contributed by atoms with Crippen LogP contribution in [0.15, 0.2) is 29.8 Å². The highest BCUT2D eigenvalue weighted by Gasteiger charge is 2.36. The first-order valence-corrected chi connectivity index (χ1v) is 8.20. The predicted molar refractivity (Wildman–Crippen MR) is 88.9 cm³/mol. The van der Waals surface area contributed by atoms with Crippen LogP contribution >= 0.6 is 0 Å². The van der Waals surface area contributed by atoms with Crippen LogP contribution in [0.3, 0.4) is 0 Å². The fourth-order valence-electron chi connectivity index (χ4n) is 4.44. The first kappa shape index (κ1) is 13.1. The van der Waals surface area contributed by atoms with Gasteiger partial charge < -0.3 is 4.98 Å². The van der Waals surface area contributed by atoms with E-state index in [1.807, 2.05) is 0 Å². The Morgan fingerprint density at radius 3 is 2.95 bits per heavy atom. The molecule has 2 heteroatoms. The molecule has 0 bridgehead atoms. The van der Waals surface area contributed by atoms with E-state index in [2.05, 4.69) is 54.9 Å². The summed E-state index contributed by atoms with van der Waals surface area (Å²) in [4.78, 5) is 6.29. The van der Waals surface area contributed by atoms with Crippen molar-refractivity contribution >= 4 is 10.9 Å². The summed E-state index contributed by atoms with van der Waals surface area (Å²) in [5.74, 6) is 0.566. The fourth-order valence-corrected chi connectivity index (χ4v) is 4.44. The zero-order chi connectivity index (χ0) is 14.6. The van der Waals surface area contributed by atoms with E-state index in [9.17, 15) is 0 Å². The number of hydrogen-bond donors (Lipinski definition) is 1. The Kier molecular flexibility index (Phi) is 2.97. The summed E-state index contributed by atoms with van der Waals surface area (Å²) in [6.45, 7) is 9.16. The molecule has 2 aliphatic rings. The van der Waals surface area contributed by atoms with Crippen molar-refractivity contribution in [2.24, 2.45) is 0 Å². The van der Waals surface area contributed by atoms with Crippen molar-refractivity contribution in [3.05, 3.63) is 46.7 Å². The van der Waals surface area contributed by atoms with Gasteiger partial charge in [0.25, 0.3) is 0 Å². The summed E-state index contributed by atoms with van der Waals surface area (Å²) < 4.78 is 0. The van der Waals surface area contributed by atoms with Crippen LogP contribution in [0.25, 0.3) is 10.9 Å². The number of aromatic amines is 1. The van der Waals surface area contributed by atoms with Gasteiger partial charge in [0.05, 0.1) is 0 Å². The van der Waals surface area contributed by atoms with Gasteiger partial charge in [-0.1, -0.05) is 30.7 Å². The highest BCUT2D eigenvalue weighted by Crippen LogP contribution is 2.43. The first-order chi connectivity index (χ1) is 10.2. The third-order valence-electron chi connectivity index (χ3n) is 5.26. The average molecular weight is 280 g/mol. The van der Waals surface area contributed by atoms with E-state index in [0.717, 1.165) is 6.54 Å². The van der Waals surface area contributed by atoms with Gasteiger partial charge in [-0.3, -0.25) is 4.90 Å². The molecule has 1 aliphatic carbocycles. The van der Waals surface area contributed by atoms with E-state index in [-0.39, 0.29) is 0 Å². The van der Waals surface area contributed by atoms with Crippen LogP contribution in [0.2, 0.25) is 0 Å². The molecule has 2 atom stereocenters. The Labute approximate surface area is 126 Å². The molecule has 0 radical (unpaired) electrons. The second kappa shape index (κ2) is 4.74. The topological polar surface area (TPSA) is 19.0 Å². The Bertz CT molecular complexity index is 722. The van der Waals surface area contributed by atoms with Crippen LogP contribution in [0.5, 0.6) is 0 Å². The number of hydrogen-bond acceptors (Lipinski definition) is 1. The van der Waals surface area contributed by atoms with Crippen molar-refractivity contribution in [1.82, 2.24) is 9.88 Å². The van der Waals surface area contributed by atoms with Crippen molar-refractivity contribution in [3.63, 3.8) is 0 Å². The lowest BCUT2D eigenvalue weighted by Gasteiger charge is -2.43. The van der Waals surface area contributed by atoms with Crippen molar-refractivity contribution in [3.8, 4) is 0 Å². The normalized spacial score (nSPS) is 25.0. The summed E-state index contributed by atoms with van der Waals surface area (Å²) in [6.07, 6.45) is 4.95. The van der Waals surface area contributed by atoms with Gasteiger partial charge in [-0.05, 0) is 50.4 Å². The van der Waals surface area contributed by atoms with E-state index >= 15 is 0 Å². The number of aromatic nitrogens is 1. The molecule has 4 rings (SSSR count). The number of benzene rings is 1. The molecule has 0 saturated heterocycles. The van der Waals surface area contributed by atoms with Crippen molar-refractivity contribution in [2.45, 2.75) is 45.6 Å². The highest BCUT2D eigenvalue weighted by atomic mass is 15.2. The zero-order valence-electron chi connectivity index (χ0n) is 13.2. The summed E-state index contributed by atoms with van der Waals surface area (Å²) in [5, 5.41) is 1.50. The molecular formula is C19H24N2. The van der Waals surface area contributed by atoms with E-state index in [1.54, 1.807) is 5.56 Å². The number of H-pyrrole nitrogens is 1. The van der Waals surface area contributed by atoms with Crippen LogP contribution in [0.1, 0.15) is 43.0 Å². The quantitative estimate of drug-likeness (QED) is 0.819. The summed E-state index contributed by atoms with van der Waals surface area (Å²) >= 11 is 0. The molecule has 2 heterocycles. The smallest absolute Gasteiger partial charge is 0.0461 e. The molecule has 2 nitrogen and oxygen atoms in total.